The number of ether oxygens (including phenoxy) is 3. The molecule has 2 aromatic carbocycles. The number of fused-ring (bicyclic) bond motifs is 1. The summed E-state index contributed by atoms with van der Waals surface area (Å²) in [6.45, 7) is 13.8. The van der Waals surface area contributed by atoms with Crippen molar-refractivity contribution in [1.29, 1.82) is 0 Å². The minimum absolute atomic E-state index is 0.0117. The third-order valence-electron chi connectivity index (χ3n) is 8.97. The number of hydrogen-bond acceptors (Lipinski definition) is 6. The lowest BCUT2D eigenvalue weighted by atomic mass is 9.85. The molecule has 1 saturated heterocycles. The standard InChI is InChI=1S/C36H51N3O4/c1-25(2)37-30-16-14-28(15-17-30)23-38-18-10-13-31(38)24-39(22-26(3)19-27-11-8-7-9-12-27)35(40)29-20-32(41-6)34-33(21-29)42-36(4,5)43-34/h7-9,11-12,19-21,25,28,30-31,37H,10,13-18,22-24H2,1-6H3. The van der Waals surface area contributed by atoms with E-state index in [0.717, 1.165) is 36.6 Å². The van der Waals surface area contributed by atoms with Crippen molar-refractivity contribution in [2.45, 2.75) is 97.1 Å². The number of benzene rings is 2. The van der Waals surface area contributed by atoms with Crippen molar-refractivity contribution in [1.82, 2.24) is 15.1 Å². The van der Waals surface area contributed by atoms with Crippen molar-refractivity contribution >= 4 is 12.0 Å². The van der Waals surface area contributed by atoms with Crippen LogP contribution in [0.5, 0.6) is 17.2 Å². The van der Waals surface area contributed by atoms with E-state index in [1.54, 1.807) is 13.2 Å². The second-order valence-electron chi connectivity index (χ2n) is 13.5. The molecule has 2 aliphatic heterocycles. The molecule has 234 valence electrons. The Morgan fingerprint density at radius 3 is 2.56 bits per heavy atom. The summed E-state index contributed by atoms with van der Waals surface area (Å²) >= 11 is 0. The van der Waals surface area contributed by atoms with E-state index in [1.807, 2.05) is 43.0 Å². The summed E-state index contributed by atoms with van der Waals surface area (Å²) in [5.74, 6) is 1.54. The van der Waals surface area contributed by atoms with Crippen molar-refractivity contribution < 1.29 is 19.0 Å². The number of amides is 1. The van der Waals surface area contributed by atoms with Gasteiger partial charge in [-0.3, -0.25) is 9.69 Å². The Labute approximate surface area is 258 Å². The number of likely N-dealkylation sites (tertiary alicyclic amines) is 1. The van der Waals surface area contributed by atoms with Gasteiger partial charge in [-0.05, 0) is 75.6 Å². The van der Waals surface area contributed by atoms with E-state index >= 15 is 0 Å². The Hall–Kier alpha value is -3.03. The Morgan fingerprint density at radius 2 is 1.86 bits per heavy atom. The zero-order valence-electron chi connectivity index (χ0n) is 27.0. The van der Waals surface area contributed by atoms with Crippen LogP contribution >= 0.6 is 0 Å². The molecule has 1 aliphatic carbocycles. The van der Waals surface area contributed by atoms with Gasteiger partial charge in [-0.15, -0.1) is 0 Å². The highest BCUT2D eigenvalue weighted by Crippen LogP contribution is 2.47. The number of carbonyl (C=O) groups is 1. The van der Waals surface area contributed by atoms with Gasteiger partial charge < -0.3 is 24.4 Å². The molecule has 0 radical (unpaired) electrons. The van der Waals surface area contributed by atoms with Crippen molar-refractivity contribution in [2.24, 2.45) is 5.92 Å². The number of hydrogen-bond donors (Lipinski definition) is 1. The zero-order chi connectivity index (χ0) is 30.6. The van der Waals surface area contributed by atoms with Gasteiger partial charge in [0, 0.05) is 57.2 Å². The molecule has 7 nitrogen and oxygen atoms in total. The lowest BCUT2D eigenvalue weighted by molar-refractivity contribution is -0.0439. The van der Waals surface area contributed by atoms with E-state index in [2.05, 4.69) is 49.2 Å². The highest BCUT2D eigenvalue weighted by Gasteiger charge is 2.37. The Bertz CT molecular complexity index is 1270. The number of rotatable bonds is 11. The molecule has 43 heavy (non-hydrogen) atoms. The summed E-state index contributed by atoms with van der Waals surface area (Å²) in [5, 5.41) is 3.73. The quantitative estimate of drug-likeness (QED) is 0.312. The summed E-state index contributed by atoms with van der Waals surface area (Å²) in [5.41, 5.74) is 2.85. The van der Waals surface area contributed by atoms with Gasteiger partial charge in [0.1, 0.15) is 0 Å². The smallest absolute Gasteiger partial charge is 0.254 e. The summed E-state index contributed by atoms with van der Waals surface area (Å²) in [7, 11) is 1.60. The molecule has 7 heteroatoms. The molecule has 2 fully saturated rings. The first-order chi connectivity index (χ1) is 20.6. The zero-order valence-corrected chi connectivity index (χ0v) is 27.0. The monoisotopic (exact) mass is 589 g/mol. The minimum atomic E-state index is -0.805. The lowest BCUT2D eigenvalue weighted by Gasteiger charge is -2.36. The molecule has 1 amide bonds. The third kappa shape index (κ3) is 8.12. The molecule has 5 rings (SSSR count). The van der Waals surface area contributed by atoms with E-state index in [0.29, 0.717) is 54.0 Å². The van der Waals surface area contributed by atoms with E-state index in [4.69, 9.17) is 14.2 Å². The highest BCUT2D eigenvalue weighted by molar-refractivity contribution is 5.96. The van der Waals surface area contributed by atoms with Crippen molar-refractivity contribution in [3.8, 4) is 17.2 Å². The normalized spacial score (nSPS) is 23.5. The maximum Gasteiger partial charge on any atom is 0.254 e. The molecule has 3 aliphatic rings. The Kier molecular flexibility index (Phi) is 10.0. The first-order valence-electron chi connectivity index (χ1n) is 16.2. The predicted molar refractivity (Wildman–Crippen MR) is 173 cm³/mol. The summed E-state index contributed by atoms with van der Waals surface area (Å²) in [4.78, 5) is 19.0. The molecule has 1 N–H and O–H groups in total. The number of carbonyl (C=O) groups excluding carboxylic acids is 1. The van der Waals surface area contributed by atoms with Crippen LogP contribution in [0.3, 0.4) is 0 Å². The maximum atomic E-state index is 14.3. The Morgan fingerprint density at radius 1 is 1.12 bits per heavy atom. The average Bonchev–Trinajstić information content (AvgIpc) is 3.54. The largest absolute Gasteiger partial charge is 0.493 e. The first kappa shape index (κ1) is 31.4. The third-order valence-corrected chi connectivity index (χ3v) is 8.97. The second kappa shape index (κ2) is 13.7. The molecular weight excluding hydrogens is 538 g/mol. The van der Waals surface area contributed by atoms with Gasteiger partial charge in [-0.25, -0.2) is 0 Å². The van der Waals surface area contributed by atoms with Gasteiger partial charge in [0.15, 0.2) is 11.5 Å². The molecule has 1 unspecified atom stereocenters. The van der Waals surface area contributed by atoms with Gasteiger partial charge in [-0.1, -0.05) is 55.8 Å². The molecule has 2 heterocycles. The number of nitrogens with zero attached hydrogens (tertiary/aromatic N) is 2. The molecule has 1 atom stereocenters. The molecule has 1 saturated carbocycles. The van der Waals surface area contributed by atoms with Gasteiger partial charge in [-0.2, -0.15) is 0 Å². The SMILES string of the molecule is COc1cc(C(=O)N(CC(C)=Cc2ccccc2)CC2CCCN2CC2CCC(NC(C)C)CC2)cc2c1OC(C)(C)O2. The van der Waals surface area contributed by atoms with Crippen LogP contribution in [0.15, 0.2) is 48.0 Å². The average molecular weight is 590 g/mol. The summed E-state index contributed by atoms with van der Waals surface area (Å²) in [6.07, 6.45) is 9.57. The number of methoxy groups -OCH3 is 1. The van der Waals surface area contributed by atoms with Gasteiger partial charge >= 0.3 is 0 Å². The van der Waals surface area contributed by atoms with Crippen LogP contribution in [0.2, 0.25) is 0 Å². The summed E-state index contributed by atoms with van der Waals surface area (Å²) in [6, 6.07) is 15.5. The highest BCUT2D eigenvalue weighted by atomic mass is 16.7. The van der Waals surface area contributed by atoms with Crippen LogP contribution in [0.4, 0.5) is 0 Å². The molecule has 2 aromatic rings. The fourth-order valence-corrected chi connectivity index (χ4v) is 7.05. The van der Waals surface area contributed by atoms with Crippen LogP contribution in [-0.4, -0.2) is 72.9 Å². The lowest BCUT2D eigenvalue weighted by Crippen LogP contribution is -2.46. The van der Waals surface area contributed by atoms with E-state index < -0.39 is 5.79 Å². The van der Waals surface area contributed by atoms with Crippen LogP contribution in [-0.2, 0) is 0 Å². The predicted octanol–water partition coefficient (Wildman–Crippen LogP) is 6.77. The van der Waals surface area contributed by atoms with Crippen molar-refractivity contribution in [2.75, 3.05) is 33.3 Å². The fraction of sp³-hybridized carbons (Fsp3) is 0.583. The van der Waals surface area contributed by atoms with Crippen molar-refractivity contribution in [3.05, 3.63) is 59.2 Å². The minimum Gasteiger partial charge on any atom is -0.493 e. The van der Waals surface area contributed by atoms with Crippen LogP contribution in [0, 0.1) is 5.92 Å². The molecule has 0 aromatic heterocycles. The topological polar surface area (TPSA) is 63.3 Å². The van der Waals surface area contributed by atoms with Crippen LogP contribution < -0.4 is 19.5 Å². The molecule has 0 bridgehead atoms. The van der Waals surface area contributed by atoms with E-state index in [9.17, 15) is 4.79 Å². The second-order valence-corrected chi connectivity index (χ2v) is 13.5. The van der Waals surface area contributed by atoms with Gasteiger partial charge in [0.25, 0.3) is 5.91 Å². The van der Waals surface area contributed by atoms with E-state index in [1.165, 1.54) is 32.1 Å². The van der Waals surface area contributed by atoms with Gasteiger partial charge in [0.05, 0.1) is 7.11 Å². The number of nitrogens with one attached hydrogen (secondary N) is 1. The molecule has 0 spiro atoms. The fourth-order valence-electron chi connectivity index (χ4n) is 7.05. The van der Waals surface area contributed by atoms with Crippen molar-refractivity contribution in [3.63, 3.8) is 0 Å². The van der Waals surface area contributed by atoms with Crippen LogP contribution in [0.25, 0.3) is 6.08 Å². The first-order valence-corrected chi connectivity index (χ1v) is 16.2. The maximum absolute atomic E-state index is 14.3. The molecular formula is C36H51N3O4. The Balaban J connectivity index is 1.33. The van der Waals surface area contributed by atoms with Gasteiger partial charge in [0.2, 0.25) is 11.5 Å². The summed E-state index contributed by atoms with van der Waals surface area (Å²) < 4.78 is 17.6. The van der Waals surface area contributed by atoms with Crippen LogP contribution in [0.1, 0.15) is 89.1 Å². The van der Waals surface area contributed by atoms with E-state index in [-0.39, 0.29) is 5.91 Å².